The highest BCUT2D eigenvalue weighted by Crippen LogP contribution is 2.30. The molecule has 3 rings (SSSR count). The van der Waals surface area contributed by atoms with E-state index in [0.29, 0.717) is 17.3 Å². The predicted octanol–water partition coefficient (Wildman–Crippen LogP) is 3.51. The van der Waals surface area contributed by atoms with E-state index in [1.165, 1.54) is 6.07 Å². The second-order valence-electron chi connectivity index (χ2n) is 4.35. The molecule has 0 aliphatic carbocycles. The predicted molar refractivity (Wildman–Crippen MR) is 67.4 cm³/mol. The molecule has 5 heteroatoms. The number of aromatic nitrogens is 1. The van der Waals surface area contributed by atoms with Crippen LogP contribution in [0.25, 0.3) is 11.3 Å². The van der Waals surface area contributed by atoms with Crippen molar-refractivity contribution in [3.05, 3.63) is 40.2 Å². The highest BCUT2D eigenvalue weighted by molar-refractivity contribution is 7.10. The van der Waals surface area contributed by atoms with E-state index < -0.39 is 11.6 Å². The van der Waals surface area contributed by atoms with Gasteiger partial charge in [0.2, 0.25) is 0 Å². The molecule has 0 spiro atoms. The summed E-state index contributed by atoms with van der Waals surface area (Å²) >= 11 is 1.56. The van der Waals surface area contributed by atoms with Gasteiger partial charge in [0, 0.05) is 10.9 Å². The van der Waals surface area contributed by atoms with Gasteiger partial charge in [-0.1, -0.05) is 0 Å². The Morgan fingerprint density at radius 1 is 1.28 bits per heavy atom. The van der Waals surface area contributed by atoms with Crippen molar-refractivity contribution in [2.75, 3.05) is 6.54 Å². The monoisotopic (exact) mass is 266 g/mol. The Kier molecular flexibility index (Phi) is 3.09. The van der Waals surface area contributed by atoms with Crippen LogP contribution >= 0.6 is 11.3 Å². The molecule has 1 unspecified atom stereocenters. The minimum Gasteiger partial charge on any atom is -0.308 e. The molecule has 1 saturated heterocycles. The molecule has 1 atom stereocenters. The van der Waals surface area contributed by atoms with E-state index in [2.05, 4.69) is 10.3 Å². The van der Waals surface area contributed by atoms with Crippen LogP contribution in [0.5, 0.6) is 0 Å². The van der Waals surface area contributed by atoms with Crippen molar-refractivity contribution < 1.29 is 8.78 Å². The maximum absolute atomic E-state index is 13.2. The van der Waals surface area contributed by atoms with Crippen LogP contribution in [0.4, 0.5) is 8.78 Å². The van der Waals surface area contributed by atoms with Crippen molar-refractivity contribution in [2.24, 2.45) is 0 Å². The molecule has 2 aromatic rings. The molecule has 2 nitrogen and oxygen atoms in total. The summed E-state index contributed by atoms with van der Waals surface area (Å²) in [6.07, 6.45) is 2.25. The smallest absolute Gasteiger partial charge is 0.159 e. The van der Waals surface area contributed by atoms with Crippen molar-refractivity contribution in [3.8, 4) is 11.3 Å². The van der Waals surface area contributed by atoms with Gasteiger partial charge in [-0.25, -0.2) is 13.8 Å². The number of nitrogens with zero attached hydrogens (tertiary/aromatic N) is 1. The van der Waals surface area contributed by atoms with Gasteiger partial charge in [-0.05, 0) is 37.6 Å². The van der Waals surface area contributed by atoms with E-state index in [9.17, 15) is 8.78 Å². The number of hydrogen-bond acceptors (Lipinski definition) is 3. The van der Waals surface area contributed by atoms with Gasteiger partial charge in [0.15, 0.2) is 11.6 Å². The van der Waals surface area contributed by atoms with E-state index in [1.807, 2.05) is 5.38 Å². The number of rotatable bonds is 2. The third kappa shape index (κ3) is 2.15. The first-order chi connectivity index (χ1) is 8.74. The van der Waals surface area contributed by atoms with Gasteiger partial charge in [-0.3, -0.25) is 0 Å². The van der Waals surface area contributed by atoms with Crippen LogP contribution in [0.1, 0.15) is 23.9 Å². The molecule has 1 aliphatic heterocycles. The summed E-state index contributed by atoms with van der Waals surface area (Å²) in [5.74, 6) is -1.66. The summed E-state index contributed by atoms with van der Waals surface area (Å²) in [4.78, 5) is 4.50. The van der Waals surface area contributed by atoms with E-state index in [-0.39, 0.29) is 0 Å². The van der Waals surface area contributed by atoms with Crippen molar-refractivity contribution >= 4 is 11.3 Å². The van der Waals surface area contributed by atoms with Gasteiger partial charge in [0.1, 0.15) is 5.01 Å². The lowest BCUT2D eigenvalue weighted by Crippen LogP contribution is -2.12. The Bertz CT molecular complexity index is 562. The molecule has 18 heavy (non-hydrogen) atoms. The van der Waals surface area contributed by atoms with Crippen molar-refractivity contribution in [1.82, 2.24) is 10.3 Å². The average Bonchev–Trinajstić information content (AvgIpc) is 3.01. The summed E-state index contributed by atoms with van der Waals surface area (Å²) in [6.45, 7) is 1.02. The van der Waals surface area contributed by atoms with Crippen molar-refractivity contribution in [2.45, 2.75) is 18.9 Å². The molecular formula is C13H12F2N2S. The van der Waals surface area contributed by atoms with Crippen LogP contribution in [-0.4, -0.2) is 11.5 Å². The van der Waals surface area contributed by atoms with Gasteiger partial charge in [0.05, 0.1) is 11.7 Å². The fraction of sp³-hybridized carbons (Fsp3) is 0.308. The number of hydrogen-bond donors (Lipinski definition) is 1. The standard InChI is InChI=1S/C13H12F2N2S/c14-9-4-3-8(6-10(9)15)12-7-18-13(17-12)11-2-1-5-16-11/h3-4,6-7,11,16H,1-2,5H2. The highest BCUT2D eigenvalue weighted by atomic mass is 32.1. The van der Waals surface area contributed by atoms with Gasteiger partial charge in [-0.2, -0.15) is 0 Å². The fourth-order valence-electron chi connectivity index (χ4n) is 2.13. The van der Waals surface area contributed by atoms with E-state index >= 15 is 0 Å². The molecule has 0 amide bonds. The Balaban J connectivity index is 1.89. The lowest BCUT2D eigenvalue weighted by Gasteiger charge is -2.04. The van der Waals surface area contributed by atoms with Gasteiger partial charge in [0.25, 0.3) is 0 Å². The summed E-state index contributed by atoms with van der Waals surface area (Å²) in [5.41, 5.74) is 1.33. The Morgan fingerprint density at radius 2 is 2.17 bits per heavy atom. The molecule has 1 aliphatic rings. The molecule has 2 heterocycles. The van der Waals surface area contributed by atoms with Crippen LogP contribution in [0.15, 0.2) is 23.6 Å². The first-order valence-electron chi connectivity index (χ1n) is 5.88. The molecule has 0 saturated carbocycles. The molecule has 1 N–H and O–H groups in total. The normalized spacial score (nSPS) is 19.3. The molecule has 1 aromatic heterocycles. The number of nitrogens with one attached hydrogen (secondary N) is 1. The maximum Gasteiger partial charge on any atom is 0.159 e. The summed E-state index contributed by atoms with van der Waals surface area (Å²) in [7, 11) is 0. The third-order valence-corrected chi connectivity index (χ3v) is 4.05. The molecule has 1 aromatic carbocycles. The topological polar surface area (TPSA) is 24.9 Å². The third-order valence-electron chi connectivity index (χ3n) is 3.10. The minimum atomic E-state index is -0.832. The van der Waals surface area contributed by atoms with Crippen LogP contribution in [0.2, 0.25) is 0 Å². The second-order valence-corrected chi connectivity index (χ2v) is 5.24. The van der Waals surface area contributed by atoms with Crippen LogP contribution in [0.3, 0.4) is 0 Å². The first kappa shape index (κ1) is 11.7. The molecular weight excluding hydrogens is 254 g/mol. The fourth-order valence-corrected chi connectivity index (χ4v) is 3.07. The van der Waals surface area contributed by atoms with E-state index in [4.69, 9.17) is 0 Å². The highest BCUT2D eigenvalue weighted by Gasteiger charge is 2.19. The zero-order valence-corrected chi connectivity index (χ0v) is 10.4. The first-order valence-corrected chi connectivity index (χ1v) is 6.76. The summed E-state index contributed by atoms with van der Waals surface area (Å²) in [6, 6.07) is 4.20. The molecule has 0 bridgehead atoms. The molecule has 0 radical (unpaired) electrons. The van der Waals surface area contributed by atoms with Crippen molar-refractivity contribution in [3.63, 3.8) is 0 Å². The molecule has 1 fully saturated rings. The van der Waals surface area contributed by atoms with Crippen LogP contribution < -0.4 is 5.32 Å². The number of thiazole rings is 1. The summed E-state index contributed by atoms with van der Waals surface area (Å²) in [5, 5.41) is 6.28. The molecule has 94 valence electrons. The van der Waals surface area contributed by atoms with Gasteiger partial charge >= 0.3 is 0 Å². The van der Waals surface area contributed by atoms with Crippen LogP contribution in [0, 0.1) is 11.6 Å². The second kappa shape index (κ2) is 4.74. The lowest BCUT2D eigenvalue weighted by molar-refractivity contribution is 0.509. The number of halogens is 2. The zero-order chi connectivity index (χ0) is 12.5. The lowest BCUT2D eigenvalue weighted by atomic mass is 10.1. The Morgan fingerprint density at radius 3 is 2.89 bits per heavy atom. The Hall–Kier alpha value is -1.33. The summed E-state index contributed by atoms with van der Waals surface area (Å²) < 4.78 is 26.0. The van der Waals surface area contributed by atoms with E-state index in [1.54, 1.807) is 17.4 Å². The minimum absolute atomic E-state index is 0.314. The quantitative estimate of drug-likeness (QED) is 0.899. The Labute approximate surface area is 108 Å². The maximum atomic E-state index is 13.2. The van der Waals surface area contributed by atoms with Gasteiger partial charge < -0.3 is 5.32 Å². The largest absolute Gasteiger partial charge is 0.308 e. The van der Waals surface area contributed by atoms with Crippen LogP contribution in [-0.2, 0) is 0 Å². The van der Waals surface area contributed by atoms with E-state index in [0.717, 1.165) is 30.5 Å². The zero-order valence-electron chi connectivity index (χ0n) is 9.62. The van der Waals surface area contributed by atoms with Gasteiger partial charge in [-0.15, -0.1) is 11.3 Å². The van der Waals surface area contributed by atoms with Crippen molar-refractivity contribution in [1.29, 1.82) is 0 Å². The SMILES string of the molecule is Fc1ccc(-c2csc(C3CCCN3)n2)cc1F. The number of benzene rings is 1. The average molecular weight is 266 g/mol.